The summed E-state index contributed by atoms with van der Waals surface area (Å²) in [6.07, 6.45) is 3.42. The van der Waals surface area contributed by atoms with Gasteiger partial charge in [-0.05, 0) is 46.9 Å². The standard InChI is InChI=1S/C24H20O/c1-19(20-11-5-2-6-12-20)17-23(25)18-24(21-13-7-3-8-14-21)22-15-9-4-10-16-22/h2-18H,1H3/b19-17+. The van der Waals surface area contributed by atoms with Crippen molar-refractivity contribution in [3.05, 3.63) is 120 Å². The van der Waals surface area contributed by atoms with Crippen molar-refractivity contribution in [1.29, 1.82) is 0 Å². The molecule has 0 N–H and O–H groups in total. The van der Waals surface area contributed by atoms with Gasteiger partial charge in [-0.3, -0.25) is 4.79 Å². The molecule has 0 aliphatic heterocycles. The van der Waals surface area contributed by atoms with Crippen LogP contribution in [0.4, 0.5) is 0 Å². The van der Waals surface area contributed by atoms with E-state index < -0.39 is 0 Å². The lowest BCUT2D eigenvalue weighted by Crippen LogP contribution is -1.95. The summed E-state index contributed by atoms with van der Waals surface area (Å²) < 4.78 is 0. The van der Waals surface area contributed by atoms with Gasteiger partial charge in [-0.2, -0.15) is 0 Å². The van der Waals surface area contributed by atoms with E-state index in [0.29, 0.717) is 0 Å². The third-order valence-electron chi connectivity index (χ3n) is 4.04. The zero-order chi connectivity index (χ0) is 17.5. The topological polar surface area (TPSA) is 17.1 Å². The second kappa shape index (κ2) is 8.07. The predicted molar refractivity (Wildman–Crippen MR) is 105 cm³/mol. The van der Waals surface area contributed by atoms with Gasteiger partial charge < -0.3 is 0 Å². The van der Waals surface area contributed by atoms with Gasteiger partial charge in [-0.15, -0.1) is 0 Å². The van der Waals surface area contributed by atoms with Crippen molar-refractivity contribution in [2.75, 3.05) is 0 Å². The minimum Gasteiger partial charge on any atom is -0.290 e. The summed E-state index contributed by atoms with van der Waals surface area (Å²) in [6, 6.07) is 30.0. The van der Waals surface area contributed by atoms with E-state index in [-0.39, 0.29) is 5.78 Å². The first-order chi connectivity index (χ1) is 12.2. The highest BCUT2D eigenvalue weighted by Crippen LogP contribution is 2.23. The SMILES string of the molecule is C/C(=C\C(=O)C=C(c1ccccc1)c1ccccc1)c1ccccc1. The number of carbonyl (C=O) groups is 1. The maximum Gasteiger partial charge on any atom is 0.179 e. The van der Waals surface area contributed by atoms with Gasteiger partial charge in [-0.1, -0.05) is 91.0 Å². The van der Waals surface area contributed by atoms with E-state index in [0.717, 1.165) is 27.8 Å². The minimum atomic E-state index is -0.0101. The highest BCUT2D eigenvalue weighted by molar-refractivity contribution is 6.09. The van der Waals surface area contributed by atoms with Gasteiger partial charge in [0.25, 0.3) is 0 Å². The van der Waals surface area contributed by atoms with Crippen LogP contribution in [0.3, 0.4) is 0 Å². The lowest BCUT2D eigenvalue weighted by Gasteiger charge is -2.08. The predicted octanol–water partition coefficient (Wildman–Crippen LogP) is 5.79. The molecule has 1 nitrogen and oxygen atoms in total. The van der Waals surface area contributed by atoms with Crippen LogP contribution in [-0.2, 0) is 4.79 Å². The Morgan fingerprint density at radius 2 is 1.00 bits per heavy atom. The normalized spacial score (nSPS) is 11.0. The van der Waals surface area contributed by atoms with Gasteiger partial charge in [-0.25, -0.2) is 0 Å². The summed E-state index contributed by atoms with van der Waals surface area (Å²) >= 11 is 0. The van der Waals surface area contributed by atoms with Gasteiger partial charge in [0.15, 0.2) is 5.78 Å². The smallest absolute Gasteiger partial charge is 0.179 e. The van der Waals surface area contributed by atoms with E-state index in [1.165, 1.54) is 0 Å². The summed E-state index contributed by atoms with van der Waals surface area (Å²) in [5, 5.41) is 0. The maximum atomic E-state index is 12.6. The molecule has 0 unspecified atom stereocenters. The summed E-state index contributed by atoms with van der Waals surface area (Å²) in [4.78, 5) is 12.6. The van der Waals surface area contributed by atoms with Crippen LogP contribution >= 0.6 is 0 Å². The van der Waals surface area contributed by atoms with Gasteiger partial charge in [0.2, 0.25) is 0 Å². The number of allylic oxidation sites excluding steroid dienone is 3. The number of benzene rings is 3. The van der Waals surface area contributed by atoms with E-state index in [4.69, 9.17) is 0 Å². The zero-order valence-electron chi connectivity index (χ0n) is 14.2. The van der Waals surface area contributed by atoms with Crippen LogP contribution in [0.15, 0.2) is 103 Å². The van der Waals surface area contributed by atoms with Crippen LogP contribution in [0.2, 0.25) is 0 Å². The van der Waals surface area contributed by atoms with Crippen LogP contribution in [0.25, 0.3) is 11.1 Å². The first-order valence-corrected chi connectivity index (χ1v) is 8.34. The van der Waals surface area contributed by atoms with Crippen molar-refractivity contribution in [3.8, 4) is 0 Å². The van der Waals surface area contributed by atoms with Gasteiger partial charge >= 0.3 is 0 Å². The van der Waals surface area contributed by atoms with Crippen molar-refractivity contribution in [3.63, 3.8) is 0 Å². The Balaban J connectivity index is 1.97. The molecule has 0 bridgehead atoms. The molecule has 0 saturated heterocycles. The van der Waals surface area contributed by atoms with Crippen LogP contribution < -0.4 is 0 Å². The van der Waals surface area contributed by atoms with Gasteiger partial charge in [0, 0.05) is 0 Å². The van der Waals surface area contributed by atoms with Crippen molar-refractivity contribution in [2.24, 2.45) is 0 Å². The van der Waals surface area contributed by atoms with Crippen molar-refractivity contribution < 1.29 is 4.79 Å². The van der Waals surface area contributed by atoms with E-state index in [1.54, 1.807) is 12.2 Å². The molecule has 3 aromatic carbocycles. The van der Waals surface area contributed by atoms with Crippen LogP contribution in [0.5, 0.6) is 0 Å². The van der Waals surface area contributed by atoms with Crippen LogP contribution in [0, 0.1) is 0 Å². The molecule has 0 heterocycles. The van der Waals surface area contributed by atoms with E-state index in [2.05, 4.69) is 0 Å². The number of hydrogen-bond acceptors (Lipinski definition) is 1. The number of rotatable bonds is 5. The monoisotopic (exact) mass is 324 g/mol. The average Bonchev–Trinajstić information content (AvgIpc) is 2.68. The Kier molecular flexibility index (Phi) is 5.38. The first-order valence-electron chi connectivity index (χ1n) is 8.34. The number of ketones is 1. The molecule has 0 saturated carbocycles. The van der Waals surface area contributed by atoms with Crippen molar-refractivity contribution in [1.82, 2.24) is 0 Å². The minimum absolute atomic E-state index is 0.0101. The van der Waals surface area contributed by atoms with Crippen molar-refractivity contribution in [2.45, 2.75) is 6.92 Å². The number of carbonyl (C=O) groups excluding carboxylic acids is 1. The molecular formula is C24H20O. The molecule has 0 radical (unpaired) electrons. The molecule has 25 heavy (non-hydrogen) atoms. The molecule has 3 aromatic rings. The van der Waals surface area contributed by atoms with Gasteiger partial charge in [0.1, 0.15) is 0 Å². The molecule has 1 heteroatoms. The Labute approximate surface area is 149 Å². The highest BCUT2D eigenvalue weighted by atomic mass is 16.1. The fourth-order valence-corrected chi connectivity index (χ4v) is 2.75. The zero-order valence-corrected chi connectivity index (χ0v) is 14.2. The Morgan fingerprint density at radius 1 is 0.600 bits per heavy atom. The molecule has 122 valence electrons. The van der Waals surface area contributed by atoms with Crippen molar-refractivity contribution >= 4 is 16.9 Å². The molecule has 3 rings (SSSR count). The Hall–Kier alpha value is -3.19. The molecule has 0 fully saturated rings. The Bertz CT molecular complexity index is 847. The fourth-order valence-electron chi connectivity index (χ4n) is 2.75. The molecule has 0 atom stereocenters. The van der Waals surface area contributed by atoms with E-state index in [9.17, 15) is 4.79 Å². The molecular weight excluding hydrogens is 304 g/mol. The summed E-state index contributed by atoms with van der Waals surface area (Å²) in [5.74, 6) is -0.0101. The molecule has 0 aromatic heterocycles. The van der Waals surface area contributed by atoms with E-state index in [1.807, 2.05) is 97.9 Å². The lowest BCUT2D eigenvalue weighted by molar-refractivity contribution is -0.110. The number of hydrogen-bond donors (Lipinski definition) is 0. The van der Waals surface area contributed by atoms with Crippen LogP contribution in [0.1, 0.15) is 23.6 Å². The third kappa shape index (κ3) is 4.42. The summed E-state index contributed by atoms with van der Waals surface area (Å²) in [5.41, 5.74) is 5.02. The quantitative estimate of drug-likeness (QED) is 0.543. The Morgan fingerprint density at radius 3 is 1.44 bits per heavy atom. The molecule has 0 aliphatic carbocycles. The third-order valence-corrected chi connectivity index (χ3v) is 4.04. The second-order valence-electron chi connectivity index (χ2n) is 5.89. The lowest BCUT2D eigenvalue weighted by atomic mass is 9.96. The van der Waals surface area contributed by atoms with E-state index >= 15 is 0 Å². The van der Waals surface area contributed by atoms with Crippen LogP contribution in [-0.4, -0.2) is 5.78 Å². The second-order valence-corrected chi connectivity index (χ2v) is 5.89. The summed E-state index contributed by atoms with van der Waals surface area (Å²) in [6.45, 7) is 1.96. The first kappa shape index (κ1) is 16.7. The average molecular weight is 324 g/mol. The maximum absolute atomic E-state index is 12.6. The fraction of sp³-hybridized carbons (Fsp3) is 0.0417. The molecule has 0 amide bonds. The highest BCUT2D eigenvalue weighted by Gasteiger charge is 2.07. The molecule has 0 spiro atoms. The largest absolute Gasteiger partial charge is 0.290 e. The van der Waals surface area contributed by atoms with Gasteiger partial charge in [0.05, 0.1) is 0 Å². The molecule has 0 aliphatic rings. The summed E-state index contributed by atoms with van der Waals surface area (Å²) in [7, 11) is 0.